The maximum Gasteiger partial charge on any atom is 0.254 e. The van der Waals surface area contributed by atoms with Crippen LogP contribution in [-0.4, -0.2) is 28.4 Å². The van der Waals surface area contributed by atoms with Crippen LogP contribution in [0.5, 0.6) is 0 Å². The Kier molecular flexibility index (Phi) is 3.28. The molecule has 1 atom stereocenters. The van der Waals surface area contributed by atoms with Crippen LogP contribution in [-0.2, 0) is 0 Å². The standard InChI is InChI=1S/C10H12FN3OS/c11-8-7(1-3-13-9(8)12)10(15)14-6-2-4-16-5-6/h1,3,6H,2,4-5H2,(H2,12,13)(H,14,15). The van der Waals surface area contributed by atoms with Crippen molar-refractivity contribution in [3.05, 3.63) is 23.6 Å². The summed E-state index contributed by atoms with van der Waals surface area (Å²) in [6.45, 7) is 0. The molecule has 1 aromatic rings. The van der Waals surface area contributed by atoms with Gasteiger partial charge in [-0.15, -0.1) is 0 Å². The smallest absolute Gasteiger partial charge is 0.254 e. The molecule has 86 valence electrons. The van der Waals surface area contributed by atoms with Gasteiger partial charge in [0, 0.05) is 18.0 Å². The van der Waals surface area contributed by atoms with Gasteiger partial charge in [0.1, 0.15) is 0 Å². The van der Waals surface area contributed by atoms with Crippen LogP contribution in [0.15, 0.2) is 12.3 Å². The molecule has 16 heavy (non-hydrogen) atoms. The van der Waals surface area contributed by atoms with E-state index in [0.717, 1.165) is 17.9 Å². The fraction of sp³-hybridized carbons (Fsp3) is 0.400. The summed E-state index contributed by atoms with van der Waals surface area (Å²) < 4.78 is 13.5. The zero-order valence-electron chi connectivity index (χ0n) is 8.57. The second-order valence-electron chi connectivity index (χ2n) is 3.59. The average Bonchev–Trinajstić information content (AvgIpc) is 2.74. The summed E-state index contributed by atoms with van der Waals surface area (Å²) in [5, 5.41) is 2.78. The number of nitrogen functional groups attached to an aromatic ring is 1. The van der Waals surface area contributed by atoms with Crippen molar-refractivity contribution < 1.29 is 9.18 Å². The summed E-state index contributed by atoms with van der Waals surface area (Å²) in [5.74, 6) is 0.512. The summed E-state index contributed by atoms with van der Waals surface area (Å²) in [5.41, 5.74) is 5.26. The monoisotopic (exact) mass is 241 g/mol. The highest BCUT2D eigenvalue weighted by atomic mass is 32.2. The van der Waals surface area contributed by atoms with Crippen molar-refractivity contribution in [1.29, 1.82) is 0 Å². The number of nitrogens with zero attached hydrogens (tertiary/aromatic N) is 1. The second-order valence-corrected chi connectivity index (χ2v) is 4.74. The number of anilines is 1. The number of hydrogen-bond donors (Lipinski definition) is 2. The first-order valence-corrected chi connectivity index (χ1v) is 6.12. The highest BCUT2D eigenvalue weighted by molar-refractivity contribution is 7.99. The molecule has 2 rings (SSSR count). The molecule has 1 unspecified atom stereocenters. The highest BCUT2D eigenvalue weighted by Crippen LogP contribution is 2.18. The highest BCUT2D eigenvalue weighted by Gasteiger charge is 2.21. The third-order valence-electron chi connectivity index (χ3n) is 2.43. The Morgan fingerprint density at radius 2 is 2.50 bits per heavy atom. The van der Waals surface area contributed by atoms with E-state index < -0.39 is 11.7 Å². The van der Waals surface area contributed by atoms with Crippen LogP contribution in [0.25, 0.3) is 0 Å². The number of nitrogens with two attached hydrogens (primary N) is 1. The first-order chi connectivity index (χ1) is 7.68. The zero-order valence-corrected chi connectivity index (χ0v) is 9.39. The van der Waals surface area contributed by atoms with Crippen LogP contribution in [0, 0.1) is 5.82 Å². The van der Waals surface area contributed by atoms with Crippen molar-refractivity contribution in [3.63, 3.8) is 0 Å². The molecule has 0 saturated carbocycles. The van der Waals surface area contributed by atoms with Crippen molar-refractivity contribution in [2.24, 2.45) is 0 Å². The van der Waals surface area contributed by atoms with E-state index in [1.807, 2.05) is 0 Å². The second kappa shape index (κ2) is 4.69. The summed E-state index contributed by atoms with van der Waals surface area (Å²) in [6.07, 6.45) is 2.26. The Hall–Kier alpha value is -1.30. The normalized spacial score (nSPS) is 19.7. The largest absolute Gasteiger partial charge is 0.381 e. The minimum Gasteiger partial charge on any atom is -0.381 e. The Balaban J connectivity index is 2.11. The number of hydrogen-bond acceptors (Lipinski definition) is 4. The summed E-state index contributed by atoms with van der Waals surface area (Å²) in [4.78, 5) is 15.3. The van der Waals surface area contributed by atoms with Gasteiger partial charge in [-0.3, -0.25) is 4.79 Å². The first-order valence-electron chi connectivity index (χ1n) is 4.97. The molecule has 4 nitrogen and oxygen atoms in total. The van der Waals surface area contributed by atoms with Crippen LogP contribution in [0.4, 0.5) is 10.2 Å². The Bertz CT molecular complexity index is 407. The first kappa shape index (κ1) is 11.2. The molecule has 6 heteroatoms. The van der Waals surface area contributed by atoms with Gasteiger partial charge in [-0.1, -0.05) is 0 Å². The lowest BCUT2D eigenvalue weighted by Gasteiger charge is -2.11. The van der Waals surface area contributed by atoms with Crippen molar-refractivity contribution in [1.82, 2.24) is 10.3 Å². The Labute approximate surface area is 96.8 Å². The van der Waals surface area contributed by atoms with Crippen LogP contribution in [0.3, 0.4) is 0 Å². The van der Waals surface area contributed by atoms with Crippen LogP contribution < -0.4 is 11.1 Å². The number of thioether (sulfide) groups is 1. The third kappa shape index (κ3) is 2.27. The fourth-order valence-electron chi connectivity index (χ4n) is 1.55. The Morgan fingerprint density at radius 3 is 3.19 bits per heavy atom. The summed E-state index contributed by atoms with van der Waals surface area (Å²) >= 11 is 1.78. The lowest BCUT2D eigenvalue weighted by atomic mass is 10.2. The SMILES string of the molecule is Nc1nccc(C(=O)NC2CCSC2)c1F. The van der Waals surface area contributed by atoms with Crippen molar-refractivity contribution in [2.75, 3.05) is 17.2 Å². The van der Waals surface area contributed by atoms with Gasteiger partial charge in [-0.05, 0) is 18.2 Å². The van der Waals surface area contributed by atoms with E-state index in [9.17, 15) is 9.18 Å². The van der Waals surface area contributed by atoms with Gasteiger partial charge in [-0.25, -0.2) is 9.37 Å². The van der Waals surface area contributed by atoms with E-state index in [-0.39, 0.29) is 17.4 Å². The number of carbonyl (C=O) groups is 1. The number of rotatable bonds is 2. The number of halogens is 1. The molecule has 1 amide bonds. The van der Waals surface area contributed by atoms with Gasteiger partial charge < -0.3 is 11.1 Å². The zero-order chi connectivity index (χ0) is 11.5. The molecule has 1 aromatic heterocycles. The van der Waals surface area contributed by atoms with E-state index in [1.165, 1.54) is 12.3 Å². The van der Waals surface area contributed by atoms with Crippen LogP contribution in [0.2, 0.25) is 0 Å². The number of pyridine rings is 1. The predicted molar refractivity (Wildman–Crippen MR) is 61.8 cm³/mol. The van der Waals surface area contributed by atoms with Crippen molar-refractivity contribution in [3.8, 4) is 0 Å². The maximum atomic E-state index is 13.5. The molecule has 0 aliphatic carbocycles. The van der Waals surface area contributed by atoms with Gasteiger partial charge in [0.15, 0.2) is 11.6 Å². The van der Waals surface area contributed by atoms with Gasteiger partial charge in [0.2, 0.25) is 0 Å². The molecule has 0 radical (unpaired) electrons. The van der Waals surface area contributed by atoms with Gasteiger partial charge in [-0.2, -0.15) is 11.8 Å². The fourth-order valence-corrected chi connectivity index (χ4v) is 2.70. The van der Waals surface area contributed by atoms with Gasteiger partial charge in [0.05, 0.1) is 5.56 Å². The van der Waals surface area contributed by atoms with Gasteiger partial charge in [0.25, 0.3) is 5.91 Å². The average molecular weight is 241 g/mol. The minimum absolute atomic E-state index is 0.0376. The molecule has 1 saturated heterocycles. The molecule has 2 heterocycles. The molecule has 1 aliphatic rings. The molecule has 3 N–H and O–H groups in total. The van der Waals surface area contributed by atoms with E-state index >= 15 is 0 Å². The topological polar surface area (TPSA) is 68.0 Å². The molecular weight excluding hydrogens is 229 g/mol. The van der Waals surface area contributed by atoms with Gasteiger partial charge >= 0.3 is 0 Å². The number of nitrogens with one attached hydrogen (secondary N) is 1. The van der Waals surface area contributed by atoms with Crippen molar-refractivity contribution >= 4 is 23.5 Å². The minimum atomic E-state index is -0.745. The van der Waals surface area contributed by atoms with Crippen molar-refractivity contribution in [2.45, 2.75) is 12.5 Å². The van der Waals surface area contributed by atoms with Crippen LogP contribution in [0.1, 0.15) is 16.8 Å². The molecule has 0 aromatic carbocycles. The molecule has 1 fully saturated rings. The number of aromatic nitrogens is 1. The number of carbonyl (C=O) groups excluding carboxylic acids is 1. The lowest BCUT2D eigenvalue weighted by molar-refractivity contribution is 0.0937. The van der Waals surface area contributed by atoms with E-state index in [2.05, 4.69) is 10.3 Å². The molecule has 1 aliphatic heterocycles. The van der Waals surface area contributed by atoms with E-state index in [0.29, 0.717) is 0 Å². The lowest BCUT2D eigenvalue weighted by Crippen LogP contribution is -2.35. The molecule has 0 bridgehead atoms. The molecular formula is C10H12FN3OS. The summed E-state index contributed by atoms with van der Waals surface area (Å²) in [7, 11) is 0. The number of amides is 1. The quantitative estimate of drug-likeness (QED) is 0.811. The maximum absolute atomic E-state index is 13.5. The van der Waals surface area contributed by atoms with E-state index in [1.54, 1.807) is 11.8 Å². The predicted octanol–water partition coefficient (Wildman–Crippen LogP) is 1.04. The molecule has 0 spiro atoms. The van der Waals surface area contributed by atoms with E-state index in [4.69, 9.17) is 5.73 Å². The van der Waals surface area contributed by atoms with Crippen LogP contribution >= 0.6 is 11.8 Å². The Morgan fingerprint density at radius 1 is 1.69 bits per heavy atom. The third-order valence-corrected chi connectivity index (χ3v) is 3.59. The summed E-state index contributed by atoms with van der Waals surface area (Å²) in [6, 6.07) is 1.47.